The van der Waals surface area contributed by atoms with Gasteiger partial charge in [-0.1, -0.05) is 33.6 Å². The molecule has 0 spiro atoms. The van der Waals surface area contributed by atoms with Crippen LogP contribution in [-0.4, -0.2) is 48.0 Å². The number of likely N-dealkylation sites (tertiary alicyclic amines) is 1. The molecule has 7 nitrogen and oxygen atoms in total. The number of rotatable bonds is 5. The third-order valence-electron chi connectivity index (χ3n) is 6.29. The number of piperidine rings is 1. The summed E-state index contributed by atoms with van der Waals surface area (Å²) in [7, 11) is 0. The van der Waals surface area contributed by atoms with E-state index < -0.39 is 5.60 Å². The van der Waals surface area contributed by atoms with Crippen molar-refractivity contribution in [2.75, 3.05) is 13.1 Å². The molecule has 0 radical (unpaired) electrons. The van der Waals surface area contributed by atoms with E-state index in [1.807, 2.05) is 18.2 Å². The van der Waals surface area contributed by atoms with E-state index >= 15 is 0 Å². The zero-order valence-corrected chi connectivity index (χ0v) is 20.5. The Morgan fingerprint density at radius 3 is 2.59 bits per heavy atom. The average molecular weight is 547 g/mol. The lowest BCUT2D eigenvalue weighted by molar-refractivity contribution is -0.0364. The Bertz CT molecular complexity index is 1400. The van der Waals surface area contributed by atoms with Crippen LogP contribution < -0.4 is 5.56 Å². The maximum Gasteiger partial charge on any atom is 0.264 e. The van der Waals surface area contributed by atoms with Gasteiger partial charge in [0, 0.05) is 29.1 Å². The second-order valence-electron chi connectivity index (χ2n) is 8.68. The highest BCUT2D eigenvalue weighted by Gasteiger charge is 2.33. The Hall–Kier alpha value is -2.59. The van der Waals surface area contributed by atoms with Crippen molar-refractivity contribution in [1.29, 1.82) is 0 Å². The van der Waals surface area contributed by atoms with Crippen molar-refractivity contribution in [3.63, 3.8) is 0 Å². The Kier molecular flexibility index (Phi) is 6.28. The van der Waals surface area contributed by atoms with Gasteiger partial charge in [0.25, 0.3) is 5.56 Å². The summed E-state index contributed by atoms with van der Waals surface area (Å²) in [5.41, 5.74) is 0.765. The minimum atomic E-state index is -1.01. The van der Waals surface area contributed by atoms with Gasteiger partial charge in [0.1, 0.15) is 17.5 Å². The molecule has 0 unspecified atom stereocenters. The Labute approximate surface area is 208 Å². The summed E-state index contributed by atoms with van der Waals surface area (Å²) in [6.45, 7) is 2.24. The molecule has 176 valence electrons. The van der Waals surface area contributed by atoms with Gasteiger partial charge in [-0.15, -0.1) is 0 Å². The topological polar surface area (TPSA) is 76.2 Å². The molecule has 0 atom stereocenters. The summed E-state index contributed by atoms with van der Waals surface area (Å²) >= 11 is 9.77. The van der Waals surface area contributed by atoms with Crippen molar-refractivity contribution in [3.05, 3.63) is 86.2 Å². The summed E-state index contributed by atoms with van der Waals surface area (Å²) < 4.78 is 17.1. The van der Waals surface area contributed by atoms with E-state index in [2.05, 4.69) is 30.9 Å². The van der Waals surface area contributed by atoms with E-state index in [4.69, 9.17) is 11.6 Å². The Morgan fingerprint density at radius 1 is 1.15 bits per heavy atom. The van der Waals surface area contributed by atoms with Crippen LogP contribution in [0.3, 0.4) is 0 Å². The van der Waals surface area contributed by atoms with E-state index in [1.165, 1.54) is 33.9 Å². The van der Waals surface area contributed by atoms with Gasteiger partial charge in [0.15, 0.2) is 5.65 Å². The molecular formula is C24H22BrClFN5O2. The van der Waals surface area contributed by atoms with Gasteiger partial charge in [-0.25, -0.2) is 14.1 Å². The summed E-state index contributed by atoms with van der Waals surface area (Å²) in [6.07, 6.45) is 3.96. The number of nitrogens with zero attached hydrogens (tertiary/aromatic N) is 5. The minimum absolute atomic E-state index is 0.156. The van der Waals surface area contributed by atoms with Crippen molar-refractivity contribution < 1.29 is 9.50 Å². The number of halogens is 3. The second kappa shape index (κ2) is 9.22. The van der Waals surface area contributed by atoms with Crippen molar-refractivity contribution in [2.45, 2.75) is 31.5 Å². The number of fused-ring (bicyclic) bond motifs is 1. The molecule has 5 rings (SSSR count). The molecule has 1 saturated heterocycles. The summed E-state index contributed by atoms with van der Waals surface area (Å²) in [4.78, 5) is 19.7. The quantitative estimate of drug-likeness (QED) is 0.407. The molecule has 0 aliphatic carbocycles. The highest BCUT2D eigenvalue weighted by atomic mass is 79.9. The molecule has 1 aliphatic rings. The minimum Gasteiger partial charge on any atom is -0.388 e. The molecule has 0 amide bonds. The number of hydrogen-bond donors (Lipinski definition) is 1. The second-order valence-corrected chi connectivity index (χ2v) is 10.0. The van der Waals surface area contributed by atoms with Crippen LogP contribution in [0.15, 0.2) is 64.3 Å². The van der Waals surface area contributed by atoms with Gasteiger partial charge in [-0.3, -0.25) is 14.3 Å². The highest BCUT2D eigenvalue weighted by Crippen LogP contribution is 2.28. The predicted molar refractivity (Wildman–Crippen MR) is 132 cm³/mol. The SMILES string of the molecule is O=c1c2cnn(-c3ccc(F)cc3)c2ncn1CC1(O)CCN(Cc2ccc(Br)cc2Cl)CC1. The standard InChI is InChI=1S/C24H22BrClFN5O2/c25-17-2-1-16(21(26)11-17)13-30-9-7-24(34,8-10-30)14-31-15-28-22-20(23(31)33)12-29-32(22)19-5-3-18(27)4-6-19/h1-6,11-12,15,34H,7-10,13-14H2. The fourth-order valence-electron chi connectivity index (χ4n) is 4.33. The molecule has 34 heavy (non-hydrogen) atoms. The average Bonchev–Trinajstić information content (AvgIpc) is 3.25. The fraction of sp³-hybridized carbons (Fsp3) is 0.292. The van der Waals surface area contributed by atoms with E-state index in [0.717, 1.165) is 10.0 Å². The number of benzene rings is 2. The Morgan fingerprint density at radius 2 is 1.88 bits per heavy atom. The van der Waals surface area contributed by atoms with Crippen molar-refractivity contribution >= 4 is 38.6 Å². The maximum absolute atomic E-state index is 13.3. The molecule has 2 aromatic heterocycles. The number of aromatic nitrogens is 4. The van der Waals surface area contributed by atoms with Crippen molar-refractivity contribution in [3.8, 4) is 5.69 Å². The molecule has 0 bridgehead atoms. The molecule has 1 N–H and O–H groups in total. The summed E-state index contributed by atoms with van der Waals surface area (Å²) in [5, 5.41) is 16.5. The number of aliphatic hydroxyl groups is 1. The van der Waals surface area contributed by atoms with Crippen LogP contribution in [0, 0.1) is 5.82 Å². The Balaban J connectivity index is 1.30. The normalized spacial score (nSPS) is 16.2. The molecule has 1 fully saturated rings. The van der Waals surface area contributed by atoms with Crippen LogP contribution in [0.2, 0.25) is 5.02 Å². The molecule has 10 heteroatoms. The fourth-order valence-corrected chi connectivity index (χ4v) is 5.06. The monoisotopic (exact) mass is 545 g/mol. The van der Waals surface area contributed by atoms with Gasteiger partial charge in [-0.05, 0) is 54.8 Å². The summed E-state index contributed by atoms with van der Waals surface area (Å²) in [6, 6.07) is 11.7. The zero-order chi connectivity index (χ0) is 23.9. The van der Waals surface area contributed by atoms with E-state index in [0.29, 0.717) is 54.2 Å². The van der Waals surface area contributed by atoms with E-state index in [1.54, 1.807) is 12.1 Å². The molecule has 4 aromatic rings. The first-order valence-electron chi connectivity index (χ1n) is 10.9. The van der Waals surface area contributed by atoms with Crippen LogP contribution in [0.5, 0.6) is 0 Å². The van der Waals surface area contributed by atoms with E-state index in [9.17, 15) is 14.3 Å². The van der Waals surface area contributed by atoms with Crippen LogP contribution in [0.4, 0.5) is 4.39 Å². The molecule has 3 heterocycles. The summed E-state index contributed by atoms with van der Waals surface area (Å²) in [5.74, 6) is -0.352. The maximum atomic E-state index is 13.3. The van der Waals surface area contributed by atoms with Gasteiger partial charge in [-0.2, -0.15) is 5.10 Å². The first-order valence-corrected chi connectivity index (χ1v) is 12.1. The van der Waals surface area contributed by atoms with Gasteiger partial charge >= 0.3 is 0 Å². The third-order valence-corrected chi connectivity index (χ3v) is 7.13. The zero-order valence-electron chi connectivity index (χ0n) is 18.2. The van der Waals surface area contributed by atoms with Crippen molar-refractivity contribution in [2.24, 2.45) is 0 Å². The van der Waals surface area contributed by atoms with Gasteiger partial charge in [0.2, 0.25) is 0 Å². The number of hydrogen-bond acceptors (Lipinski definition) is 5. The highest BCUT2D eigenvalue weighted by molar-refractivity contribution is 9.10. The first-order chi connectivity index (χ1) is 16.3. The van der Waals surface area contributed by atoms with Crippen LogP contribution in [0.1, 0.15) is 18.4 Å². The first kappa shape index (κ1) is 23.2. The predicted octanol–water partition coefficient (Wildman–Crippen LogP) is 4.16. The van der Waals surface area contributed by atoms with Crippen molar-refractivity contribution in [1.82, 2.24) is 24.2 Å². The molecule has 2 aromatic carbocycles. The smallest absolute Gasteiger partial charge is 0.264 e. The van der Waals surface area contributed by atoms with Gasteiger partial charge < -0.3 is 5.11 Å². The molecule has 0 saturated carbocycles. The lowest BCUT2D eigenvalue weighted by Crippen LogP contribution is -2.47. The van der Waals surface area contributed by atoms with Crippen LogP contribution in [0.25, 0.3) is 16.7 Å². The van der Waals surface area contributed by atoms with Gasteiger partial charge in [0.05, 0.1) is 24.0 Å². The van der Waals surface area contributed by atoms with Crippen LogP contribution >= 0.6 is 27.5 Å². The molecule has 1 aliphatic heterocycles. The lowest BCUT2D eigenvalue weighted by Gasteiger charge is -2.38. The third kappa shape index (κ3) is 4.65. The lowest BCUT2D eigenvalue weighted by atomic mass is 9.91. The largest absolute Gasteiger partial charge is 0.388 e. The molecular weight excluding hydrogens is 525 g/mol. The van der Waals surface area contributed by atoms with Crippen LogP contribution in [-0.2, 0) is 13.1 Å². The van der Waals surface area contributed by atoms with E-state index in [-0.39, 0.29) is 17.9 Å².